The number of piperidine rings is 1. The summed E-state index contributed by atoms with van der Waals surface area (Å²) in [6, 6.07) is 18.8. The van der Waals surface area contributed by atoms with E-state index < -0.39 is 11.9 Å². The number of fused-ring (bicyclic) bond motifs is 3. The molecule has 5 heterocycles. The highest BCUT2D eigenvalue weighted by Gasteiger charge is 2.30. The van der Waals surface area contributed by atoms with Crippen molar-refractivity contribution in [3.8, 4) is 40.0 Å². The number of ether oxygens (including phenoxy) is 1. The number of carbonyl (C=O) groups is 3. The van der Waals surface area contributed by atoms with Gasteiger partial charge in [-0.1, -0.05) is 43.9 Å². The predicted molar refractivity (Wildman–Crippen MR) is 213 cm³/mol. The van der Waals surface area contributed by atoms with Crippen molar-refractivity contribution in [3.05, 3.63) is 107 Å². The van der Waals surface area contributed by atoms with Crippen molar-refractivity contribution in [1.82, 2.24) is 39.5 Å². The summed E-state index contributed by atoms with van der Waals surface area (Å²) in [4.78, 5) is 59.2. The molecule has 280 valence electrons. The lowest BCUT2D eigenvalue weighted by Crippen LogP contribution is -2.42. The van der Waals surface area contributed by atoms with Gasteiger partial charge in [0.1, 0.15) is 17.5 Å². The van der Waals surface area contributed by atoms with Crippen LogP contribution in [0.1, 0.15) is 60.3 Å². The van der Waals surface area contributed by atoms with Gasteiger partial charge in [-0.2, -0.15) is 5.10 Å². The van der Waals surface area contributed by atoms with Crippen LogP contribution in [0.4, 0.5) is 0 Å². The fourth-order valence-corrected chi connectivity index (χ4v) is 7.42. The molecule has 13 nitrogen and oxygen atoms in total. The number of rotatable bonds is 7. The third-order valence-electron chi connectivity index (χ3n) is 10.4. The molecular formula is C43H38N8O5. The lowest BCUT2D eigenvalue weighted by atomic mass is 9.93. The normalized spacial score (nSPS) is 14.3. The zero-order valence-electron chi connectivity index (χ0n) is 31.5. The molecule has 0 radical (unpaired) electrons. The Balaban J connectivity index is 0.981. The Labute approximate surface area is 321 Å². The van der Waals surface area contributed by atoms with Crippen molar-refractivity contribution in [2.24, 2.45) is 14.1 Å². The van der Waals surface area contributed by atoms with Gasteiger partial charge in [0.2, 0.25) is 5.91 Å². The average Bonchev–Trinajstić information content (AvgIpc) is 3.72. The van der Waals surface area contributed by atoms with Crippen LogP contribution in [0.15, 0.2) is 84.0 Å². The SMILES string of the molecule is COc1cc(C#CCNC(=O)c2ccc(-c3cc4cccc(-c5cc(C(C)C)c6c(c5)n(C)c(=O)n6C)c4cn3)cn2)cc2c1cnn2C1CCC(=O)NC1=O. The van der Waals surface area contributed by atoms with E-state index in [4.69, 9.17) is 9.72 Å². The minimum Gasteiger partial charge on any atom is -0.496 e. The molecule has 3 amide bonds. The quantitative estimate of drug-likeness (QED) is 0.163. The van der Waals surface area contributed by atoms with E-state index in [1.807, 2.05) is 43.6 Å². The first-order valence-corrected chi connectivity index (χ1v) is 18.2. The fourth-order valence-electron chi connectivity index (χ4n) is 7.42. The molecule has 4 aromatic heterocycles. The molecule has 0 spiro atoms. The maximum absolute atomic E-state index is 13.0. The number of methoxy groups -OCH3 is 1. The fraction of sp³-hybridized carbons (Fsp3) is 0.233. The van der Waals surface area contributed by atoms with Crippen LogP contribution in [0.25, 0.3) is 55.1 Å². The minimum atomic E-state index is -0.625. The van der Waals surface area contributed by atoms with Gasteiger partial charge < -0.3 is 10.1 Å². The summed E-state index contributed by atoms with van der Waals surface area (Å²) in [5, 5.41) is 12.3. The lowest BCUT2D eigenvalue weighted by molar-refractivity contribution is -0.135. The Hall–Kier alpha value is -7.07. The molecule has 0 saturated carbocycles. The number of nitrogens with one attached hydrogen (secondary N) is 2. The van der Waals surface area contributed by atoms with Crippen molar-refractivity contribution < 1.29 is 19.1 Å². The zero-order valence-corrected chi connectivity index (χ0v) is 31.5. The molecule has 7 aromatic rings. The molecule has 13 heteroatoms. The summed E-state index contributed by atoms with van der Waals surface area (Å²) in [7, 11) is 5.16. The van der Waals surface area contributed by atoms with Gasteiger partial charge in [-0.25, -0.2) is 4.79 Å². The number of hydrogen-bond donors (Lipinski definition) is 2. The molecule has 1 fully saturated rings. The topological polar surface area (TPSA) is 155 Å². The predicted octanol–water partition coefficient (Wildman–Crippen LogP) is 5.40. The van der Waals surface area contributed by atoms with Crippen molar-refractivity contribution in [2.75, 3.05) is 13.7 Å². The van der Waals surface area contributed by atoms with Crippen LogP contribution in [-0.4, -0.2) is 60.3 Å². The van der Waals surface area contributed by atoms with Crippen molar-refractivity contribution in [3.63, 3.8) is 0 Å². The highest BCUT2D eigenvalue weighted by Crippen LogP contribution is 2.36. The van der Waals surface area contributed by atoms with Gasteiger partial charge in [-0.15, -0.1) is 0 Å². The number of amides is 3. The smallest absolute Gasteiger partial charge is 0.328 e. The van der Waals surface area contributed by atoms with Crippen LogP contribution in [0.2, 0.25) is 0 Å². The number of nitrogens with zero attached hydrogens (tertiary/aromatic N) is 6. The Morgan fingerprint density at radius 2 is 1.79 bits per heavy atom. The van der Waals surface area contributed by atoms with Crippen LogP contribution in [0.3, 0.4) is 0 Å². The Morgan fingerprint density at radius 1 is 0.946 bits per heavy atom. The van der Waals surface area contributed by atoms with Crippen molar-refractivity contribution >= 4 is 50.4 Å². The number of aromatic nitrogens is 6. The summed E-state index contributed by atoms with van der Waals surface area (Å²) in [6.07, 6.45) is 5.69. The van der Waals surface area contributed by atoms with Gasteiger partial charge >= 0.3 is 5.69 Å². The molecule has 1 saturated heterocycles. The second-order valence-electron chi connectivity index (χ2n) is 14.2. The van der Waals surface area contributed by atoms with E-state index in [1.165, 1.54) is 0 Å². The number of carbonyl (C=O) groups excluding carboxylic acids is 3. The number of imidazole rings is 1. The molecule has 56 heavy (non-hydrogen) atoms. The Kier molecular flexibility index (Phi) is 9.17. The van der Waals surface area contributed by atoms with Crippen LogP contribution in [-0.2, 0) is 23.7 Å². The molecule has 2 N–H and O–H groups in total. The van der Waals surface area contributed by atoms with Gasteiger partial charge in [-0.05, 0) is 76.9 Å². The summed E-state index contributed by atoms with van der Waals surface area (Å²) >= 11 is 0. The van der Waals surface area contributed by atoms with Gasteiger partial charge in [-0.3, -0.25) is 43.5 Å². The first-order chi connectivity index (χ1) is 27.0. The van der Waals surface area contributed by atoms with Crippen LogP contribution in [0, 0.1) is 11.8 Å². The molecule has 0 bridgehead atoms. The maximum Gasteiger partial charge on any atom is 0.328 e. The average molecular weight is 747 g/mol. The number of hydrogen-bond acceptors (Lipinski definition) is 8. The lowest BCUT2D eigenvalue weighted by Gasteiger charge is -2.21. The first-order valence-electron chi connectivity index (χ1n) is 18.2. The van der Waals surface area contributed by atoms with E-state index in [0.717, 1.165) is 49.8 Å². The van der Waals surface area contributed by atoms with Crippen molar-refractivity contribution in [2.45, 2.75) is 38.6 Å². The third-order valence-corrected chi connectivity index (χ3v) is 10.4. The molecule has 1 aliphatic heterocycles. The molecule has 1 atom stereocenters. The summed E-state index contributed by atoms with van der Waals surface area (Å²) in [5.41, 5.74) is 7.90. The highest BCUT2D eigenvalue weighted by molar-refractivity contribution is 6.01. The Morgan fingerprint density at radius 3 is 2.54 bits per heavy atom. The standard InChI is InChI=1S/C43H38N8O5/c1-24(2)30-18-28(20-37-40(30)50(4)43(55)49(37)3)29-10-6-9-26-19-34(46-22-31(26)29)27-11-12-33(45-21-27)41(53)44-15-7-8-25-16-36-32(38(17-25)56-5)23-47-51(36)35-13-14-39(52)48-42(35)54/h6,9-12,16-24,35H,13-15H2,1-5H3,(H,44,53)(H,48,52,54). The van der Waals surface area contributed by atoms with Gasteiger partial charge in [0.05, 0.1) is 47.5 Å². The molecule has 8 rings (SSSR count). The first kappa shape index (κ1) is 35.9. The summed E-state index contributed by atoms with van der Waals surface area (Å²) in [5.74, 6) is 5.71. The van der Waals surface area contributed by atoms with E-state index in [0.29, 0.717) is 28.6 Å². The third kappa shape index (κ3) is 6.34. The largest absolute Gasteiger partial charge is 0.496 e. The number of aryl methyl sites for hydroxylation is 2. The van der Waals surface area contributed by atoms with Crippen LogP contribution in [0.5, 0.6) is 5.75 Å². The van der Waals surface area contributed by atoms with E-state index >= 15 is 0 Å². The molecule has 3 aromatic carbocycles. The van der Waals surface area contributed by atoms with Gasteiger partial charge in [0, 0.05) is 49.4 Å². The molecule has 1 unspecified atom stereocenters. The van der Waals surface area contributed by atoms with Crippen molar-refractivity contribution in [1.29, 1.82) is 0 Å². The van der Waals surface area contributed by atoms with E-state index in [9.17, 15) is 19.2 Å². The van der Waals surface area contributed by atoms with Crippen LogP contribution >= 0.6 is 0 Å². The second-order valence-corrected chi connectivity index (χ2v) is 14.2. The zero-order chi connectivity index (χ0) is 39.2. The van der Waals surface area contributed by atoms with Gasteiger partial charge in [0.25, 0.3) is 11.8 Å². The summed E-state index contributed by atoms with van der Waals surface area (Å²) < 4.78 is 10.6. The van der Waals surface area contributed by atoms with E-state index in [2.05, 4.69) is 64.6 Å². The molecule has 0 aliphatic carbocycles. The highest BCUT2D eigenvalue weighted by atomic mass is 16.5. The van der Waals surface area contributed by atoms with Crippen LogP contribution < -0.4 is 21.1 Å². The van der Waals surface area contributed by atoms with Gasteiger partial charge in [0.15, 0.2) is 0 Å². The maximum atomic E-state index is 13.0. The second kappa shape index (κ2) is 14.3. The summed E-state index contributed by atoms with van der Waals surface area (Å²) in [6.45, 7) is 4.34. The number of benzene rings is 3. The Bertz CT molecular complexity index is 2870. The molecular weight excluding hydrogens is 709 g/mol. The van der Waals surface area contributed by atoms with E-state index in [-0.39, 0.29) is 42.1 Å². The molecule has 1 aliphatic rings. The monoisotopic (exact) mass is 746 g/mol. The van der Waals surface area contributed by atoms with E-state index in [1.54, 1.807) is 52.5 Å². The number of pyridine rings is 2. The minimum absolute atomic E-state index is 0.0555. The number of imide groups is 1.